The lowest BCUT2D eigenvalue weighted by Gasteiger charge is -2.10. The molecule has 2 heterocycles. The van der Waals surface area contributed by atoms with Gasteiger partial charge in [0.05, 0.1) is 11.1 Å². The molecule has 4 rings (SSSR count). The number of hydroxylamine groups is 1. The van der Waals surface area contributed by atoms with Crippen molar-refractivity contribution in [3.8, 4) is 17.1 Å². The van der Waals surface area contributed by atoms with Crippen molar-refractivity contribution >= 4 is 17.0 Å². The molecule has 0 bridgehead atoms. The molecule has 0 unspecified atom stereocenters. The van der Waals surface area contributed by atoms with Crippen LogP contribution in [-0.4, -0.2) is 26.8 Å². The topological polar surface area (TPSA) is 74.1 Å². The smallest absolute Gasteiger partial charge is 0.279 e. The Morgan fingerprint density at radius 2 is 1.76 bits per heavy atom. The lowest BCUT2D eigenvalue weighted by molar-refractivity contribution is -0.487. The molecule has 7 heteroatoms. The van der Waals surface area contributed by atoms with Crippen LogP contribution in [-0.2, 0) is 0 Å². The zero-order chi connectivity index (χ0) is 20.5. The summed E-state index contributed by atoms with van der Waals surface area (Å²) in [4.78, 5) is 12.9. The average Bonchev–Trinajstić information content (AvgIpc) is 3.17. The molecule has 0 spiro atoms. The first-order valence-electron chi connectivity index (χ1n) is 9.12. The summed E-state index contributed by atoms with van der Waals surface area (Å²) in [6, 6.07) is 15.7. The van der Waals surface area contributed by atoms with E-state index >= 15 is 0 Å². The van der Waals surface area contributed by atoms with Gasteiger partial charge in [0, 0.05) is 5.39 Å². The van der Waals surface area contributed by atoms with Crippen LogP contribution in [0.25, 0.3) is 27.9 Å². The van der Waals surface area contributed by atoms with Gasteiger partial charge in [0.25, 0.3) is 5.56 Å². The third kappa shape index (κ3) is 3.54. The highest BCUT2D eigenvalue weighted by atomic mass is 19.1. The van der Waals surface area contributed by atoms with Gasteiger partial charge >= 0.3 is 0 Å². The molecule has 0 aliphatic heterocycles. The Kier molecular flexibility index (Phi) is 4.72. The number of aromatic nitrogens is 2. The van der Waals surface area contributed by atoms with E-state index in [0.717, 1.165) is 4.74 Å². The van der Waals surface area contributed by atoms with Crippen molar-refractivity contribution in [3.63, 3.8) is 0 Å². The number of furan rings is 1. The van der Waals surface area contributed by atoms with Crippen LogP contribution in [0.15, 0.2) is 69.9 Å². The molecule has 4 aromatic rings. The lowest BCUT2D eigenvalue weighted by atomic mass is 10.1. The van der Waals surface area contributed by atoms with Crippen molar-refractivity contribution in [2.45, 2.75) is 19.9 Å². The molecule has 0 N–H and O–H groups in total. The van der Waals surface area contributed by atoms with Crippen LogP contribution >= 0.6 is 0 Å². The number of fused-ring (bicyclic) bond motifs is 1. The highest BCUT2D eigenvalue weighted by molar-refractivity contribution is 5.93. The van der Waals surface area contributed by atoms with E-state index in [4.69, 9.17) is 4.42 Å². The van der Waals surface area contributed by atoms with E-state index in [1.165, 1.54) is 35.2 Å². The van der Waals surface area contributed by atoms with Crippen molar-refractivity contribution in [3.05, 3.63) is 87.8 Å². The van der Waals surface area contributed by atoms with Gasteiger partial charge in [-0.05, 0) is 56.3 Å². The molecule has 0 atom stereocenters. The van der Waals surface area contributed by atoms with Gasteiger partial charge in [0.2, 0.25) is 6.21 Å². The van der Waals surface area contributed by atoms with Crippen LogP contribution in [0.2, 0.25) is 0 Å². The Bertz CT molecular complexity index is 1270. The molecule has 2 aromatic carbocycles. The van der Waals surface area contributed by atoms with Gasteiger partial charge < -0.3 is 9.62 Å². The number of halogens is 1. The average molecular weight is 391 g/mol. The number of benzene rings is 2. The summed E-state index contributed by atoms with van der Waals surface area (Å²) in [6.07, 6.45) is 1.37. The molecule has 0 radical (unpaired) electrons. The van der Waals surface area contributed by atoms with Crippen molar-refractivity contribution in [2.24, 2.45) is 0 Å². The Morgan fingerprint density at radius 1 is 1.07 bits per heavy atom. The van der Waals surface area contributed by atoms with E-state index in [0.29, 0.717) is 33.7 Å². The van der Waals surface area contributed by atoms with Gasteiger partial charge in [-0.25, -0.2) is 9.13 Å². The molecular formula is C22H18FN3O3. The molecule has 0 saturated heterocycles. The minimum Gasteiger partial charge on any atom is -0.624 e. The minimum atomic E-state index is -0.402. The van der Waals surface area contributed by atoms with Gasteiger partial charge in [-0.15, -0.1) is 0 Å². The summed E-state index contributed by atoms with van der Waals surface area (Å²) < 4.78 is 21.1. The molecule has 6 nitrogen and oxygen atoms in total. The van der Waals surface area contributed by atoms with Crippen LogP contribution in [0.3, 0.4) is 0 Å². The predicted octanol–water partition coefficient (Wildman–Crippen LogP) is 4.12. The minimum absolute atomic E-state index is 0.220. The van der Waals surface area contributed by atoms with E-state index in [9.17, 15) is 14.4 Å². The standard InChI is InChI=1S/C22H18FN3O3/c1-14(2)25(28)13-17-11-12-20(29-17)21-18-5-3-4-6-19(18)22(27)26(24-21)16-9-7-15(23)8-10-16/h3-14H,1-2H3/b25-13+. The summed E-state index contributed by atoms with van der Waals surface area (Å²) in [5, 5.41) is 17.5. The van der Waals surface area contributed by atoms with Crippen molar-refractivity contribution in [1.29, 1.82) is 0 Å². The molecule has 2 aromatic heterocycles. The lowest BCUT2D eigenvalue weighted by Crippen LogP contribution is -2.22. The van der Waals surface area contributed by atoms with Crippen molar-refractivity contribution < 1.29 is 13.5 Å². The first-order valence-corrected chi connectivity index (χ1v) is 9.12. The van der Waals surface area contributed by atoms with E-state index in [2.05, 4.69) is 5.10 Å². The van der Waals surface area contributed by atoms with Crippen molar-refractivity contribution in [2.75, 3.05) is 0 Å². The third-order valence-electron chi connectivity index (χ3n) is 4.50. The Labute approximate surface area is 165 Å². The van der Waals surface area contributed by atoms with Gasteiger partial charge in [-0.2, -0.15) is 9.78 Å². The number of hydrogen-bond donors (Lipinski definition) is 0. The summed E-state index contributed by atoms with van der Waals surface area (Å²) in [7, 11) is 0. The second-order valence-corrected chi connectivity index (χ2v) is 6.87. The molecule has 146 valence electrons. The molecule has 0 amide bonds. The maximum Gasteiger partial charge on any atom is 0.279 e. The SMILES string of the molecule is CC(C)/[N+]([O-])=C\c1ccc(-c2nn(-c3ccc(F)cc3)c(=O)c3ccccc23)o1. The Balaban J connectivity index is 1.92. The van der Waals surface area contributed by atoms with Gasteiger partial charge in [0.1, 0.15) is 11.5 Å². The summed E-state index contributed by atoms with van der Waals surface area (Å²) in [5.41, 5.74) is 0.568. The number of hydrogen-bond acceptors (Lipinski definition) is 4. The Hall–Kier alpha value is -3.74. The largest absolute Gasteiger partial charge is 0.624 e. The van der Waals surface area contributed by atoms with Crippen LogP contribution in [0.4, 0.5) is 4.39 Å². The zero-order valence-electron chi connectivity index (χ0n) is 15.9. The van der Waals surface area contributed by atoms with Crippen LogP contribution in [0.1, 0.15) is 19.6 Å². The second-order valence-electron chi connectivity index (χ2n) is 6.87. The summed E-state index contributed by atoms with van der Waals surface area (Å²) in [5.74, 6) is 0.399. The predicted molar refractivity (Wildman–Crippen MR) is 109 cm³/mol. The Morgan fingerprint density at radius 3 is 2.45 bits per heavy atom. The molecule has 0 fully saturated rings. The molecule has 0 aliphatic rings. The van der Waals surface area contributed by atoms with Crippen molar-refractivity contribution in [1.82, 2.24) is 9.78 Å². The fourth-order valence-corrected chi connectivity index (χ4v) is 2.95. The number of rotatable bonds is 4. The fraction of sp³-hybridized carbons (Fsp3) is 0.136. The highest BCUT2D eigenvalue weighted by Crippen LogP contribution is 2.26. The van der Waals surface area contributed by atoms with E-state index in [1.54, 1.807) is 44.2 Å². The van der Waals surface area contributed by atoms with Crippen LogP contribution in [0.5, 0.6) is 0 Å². The van der Waals surface area contributed by atoms with Crippen LogP contribution < -0.4 is 5.56 Å². The van der Waals surface area contributed by atoms with E-state index in [-0.39, 0.29) is 11.6 Å². The second kappa shape index (κ2) is 7.35. The molecule has 0 aliphatic carbocycles. The van der Waals surface area contributed by atoms with E-state index < -0.39 is 5.82 Å². The quantitative estimate of drug-likeness (QED) is 0.227. The fourth-order valence-electron chi connectivity index (χ4n) is 2.95. The molecular weight excluding hydrogens is 373 g/mol. The maximum absolute atomic E-state index is 13.3. The van der Waals surface area contributed by atoms with Gasteiger partial charge in [-0.1, -0.05) is 18.2 Å². The summed E-state index contributed by atoms with van der Waals surface area (Å²) >= 11 is 0. The monoisotopic (exact) mass is 391 g/mol. The zero-order valence-corrected chi connectivity index (χ0v) is 15.9. The molecule has 0 saturated carbocycles. The van der Waals surface area contributed by atoms with Crippen LogP contribution in [0, 0.1) is 11.0 Å². The summed E-state index contributed by atoms with van der Waals surface area (Å²) in [6.45, 7) is 3.56. The number of nitrogens with zero attached hydrogens (tertiary/aromatic N) is 3. The van der Waals surface area contributed by atoms with E-state index in [1.807, 2.05) is 6.07 Å². The molecule has 29 heavy (non-hydrogen) atoms. The normalized spacial score (nSPS) is 12.1. The maximum atomic E-state index is 13.3. The van der Waals surface area contributed by atoms with Gasteiger partial charge in [0.15, 0.2) is 17.6 Å². The highest BCUT2D eigenvalue weighted by Gasteiger charge is 2.16. The first-order chi connectivity index (χ1) is 13.9. The van der Waals surface area contributed by atoms with Gasteiger partial charge in [-0.3, -0.25) is 4.79 Å². The first kappa shape index (κ1) is 18.6. The third-order valence-corrected chi connectivity index (χ3v) is 4.50.